The first-order valence-electron chi connectivity index (χ1n) is 10.0. The fraction of sp³-hybridized carbons (Fsp3) is 0.200. The number of aromatic nitrogens is 1. The monoisotopic (exact) mass is 382 g/mol. The average molecular weight is 382 g/mol. The van der Waals surface area contributed by atoms with Gasteiger partial charge in [0.15, 0.2) is 0 Å². The van der Waals surface area contributed by atoms with Crippen molar-refractivity contribution in [3.63, 3.8) is 0 Å². The molecule has 5 rings (SSSR count). The van der Waals surface area contributed by atoms with Crippen molar-refractivity contribution in [1.82, 2.24) is 9.88 Å². The standard InChI is InChI=1S/C25H22N2O2/c28-24(22-8-4-5-15-26-22)27-16-13-25(14-17-27)12-11-21-18-20(9-10-23(21)29-25)19-6-2-1-3-7-19/h1-12,15,18H,13-14,16-17H2. The molecule has 1 amide bonds. The Balaban J connectivity index is 1.31. The van der Waals surface area contributed by atoms with E-state index in [0.717, 1.165) is 24.2 Å². The van der Waals surface area contributed by atoms with E-state index in [2.05, 4.69) is 59.6 Å². The molecule has 0 aliphatic carbocycles. The van der Waals surface area contributed by atoms with Crippen LogP contribution in [0.25, 0.3) is 17.2 Å². The molecule has 2 aromatic carbocycles. The summed E-state index contributed by atoms with van der Waals surface area (Å²) < 4.78 is 6.44. The normalized spacial score (nSPS) is 16.9. The maximum Gasteiger partial charge on any atom is 0.272 e. The second-order valence-electron chi connectivity index (χ2n) is 7.63. The van der Waals surface area contributed by atoms with Gasteiger partial charge in [0.25, 0.3) is 5.91 Å². The Morgan fingerprint density at radius 2 is 1.72 bits per heavy atom. The number of carbonyl (C=O) groups is 1. The molecule has 0 bridgehead atoms. The van der Waals surface area contributed by atoms with Crippen LogP contribution in [0.15, 0.2) is 79.0 Å². The smallest absolute Gasteiger partial charge is 0.272 e. The maximum absolute atomic E-state index is 12.6. The molecule has 1 fully saturated rings. The Morgan fingerprint density at radius 1 is 0.931 bits per heavy atom. The summed E-state index contributed by atoms with van der Waals surface area (Å²) in [7, 11) is 0. The van der Waals surface area contributed by atoms with Gasteiger partial charge in [-0.1, -0.05) is 48.5 Å². The van der Waals surface area contributed by atoms with E-state index in [9.17, 15) is 4.79 Å². The average Bonchev–Trinajstić information content (AvgIpc) is 2.80. The summed E-state index contributed by atoms with van der Waals surface area (Å²) >= 11 is 0. The minimum absolute atomic E-state index is 0.00635. The van der Waals surface area contributed by atoms with E-state index in [1.54, 1.807) is 12.3 Å². The van der Waals surface area contributed by atoms with Crippen LogP contribution in [0.2, 0.25) is 0 Å². The first-order chi connectivity index (χ1) is 14.2. The highest BCUT2D eigenvalue weighted by Gasteiger charge is 2.38. The Hall–Kier alpha value is -3.40. The molecule has 1 saturated heterocycles. The van der Waals surface area contributed by atoms with Crippen LogP contribution in [-0.2, 0) is 0 Å². The van der Waals surface area contributed by atoms with Gasteiger partial charge in [0.2, 0.25) is 0 Å². The zero-order valence-corrected chi connectivity index (χ0v) is 16.1. The van der Waals surface area contributed by atoms with Gasteiger partial charge < -0.3 is 9.64 Å². The minimum Gasteiger partial charge on any atom is -0.482 e. The van der Waals surface area contributed by atoms with Crippen molar-refractivity contribution >= 4 is 12.0 Å². The number of hydrogen-bond acceptors (Lipinski definition) is 3. The summed E-state index contributed by atoms with van der Waals surface area (Å²) in [6.45, 7) is 1.33. The molecule has 4 nitrogen and oxygen atoms in total. The van der Waals surface area contributed by atoms with E-state index >= 15 is 0 Å². The fourth-order valence-electron chi connectivity index (χ4n) is 4.08. The number of pyridine rings is 1. The highest BCUT2D eigenvalue weighted by atomic mass is 16.5. The Bertz CT molecular complexity index is 1050. The van der Waals surface area contributed by atoms with E-state index in [1.165, 1.54) is 11.1 Å². The van der Waals surface area contributed by atoms with E-state index in [4.69, 9.17) is 4.74 Å². The number of ether oxygens (including phenoxy) is 1. The Labute approximate surface area is 170 Å². The lowest BCUT2D eigenvalue weighted by Crippen LogP contribution is -2.49. The molecule has 1 aromatic heterocycles. The predicted molar refractivity (Wildman–Crippen MR) is 114 cm³/mol. The number of nitrogens with zero attached hydrogens (tertiary/aromatic N) is 2. The first-order valence-corrected chi connectivity index (χ1v) is 10.0. The van der Waals surface area contributed by atoms with Gasteiger partial charge in [-0.2, -0.15) is 0 Å². The maximum atomic E-state index is 12.6. The molecule has 1 spiro atoms. The lowest BCUT2D eigenvalue weighted by Gasteiger charge is -2.41. The van der Waals surface area contributed by atoms with Crippen LogP contribution < -0.4 is 4.74 Å². The summed E-state index contributed by atoms with van der Waals surface area (Å²) in [5.74, 6) is 0.907. The van der Waals surface area contributed by atoms with Gasteiger partial charge in [-0.3, -0.25) is 9.78 Å². The molecular weight excluding hydrogens is 360 g/mol. The van der Waals surface area contributed by atoms with Crippen molar-refractivity contribution in [2.24, 2.45) is 0 Å². The van der Waals surface area contributed by atoms with E-state index in [1.807, 2.05) is 23.1 Å². The number of piperidine rings is 1. The van der Waals surface area contributed by atoms with Crippen molar-refractivity contribution in [3.05, 3.63) is 90.3 Å². The number of benzene rings is 2. The second-order valence-corrected chi connectivity index (χ2v) is 7.63. The summed E-state index contributed by atoms with van der Waals surface area (Å²) in [5, 5.41) is 0. The minimum atomic E-state index is -0.331. The SMILES string of the molecule is O=C(c1ccccn1)N1CCC2(C=Cc3cc(-c4ccccc4)ccc3O2)CC1. The lowest BCUT2D eigenvalue weighted by atomic mass is 9.87. The number of hydrogen-bond donors (Lipinski definition) is 0. The molecule has 29 heavy (non-hydrogen) atoms. The van der Waals surface area contributed by atoms with Crippen molar-refractivity contribution in [2.75, 3.05) is 13.1 Å². The van der Waals surface area contributed by atoms with Crippen molar-refractivity contribution in [1.29, 1.82) is 0 Å². The quantitative estimate of drug-likeness (QED) is 0.638. The summed E-state index contributed by atoms with van der Waals surface area (Å²) in [6, 6.07) is 22.2. The predicted octanol–water partition coefficient (Wildman–Crippen LogP) is 4.83. The Morgan fingerprint density at radius 3 is 2.48 bits per heavy atom. The second kappa shape index (κ2) is 7.21. The molecule has 0 atom stereocenters. The topological polar surface area (TPSA) is 42.4 Å². The van der Waals surface area contributed by atoms with Crippen LogP contribution in [0.4, 0.5) is 0 Å². The lowest BCUT2D eigenvalue weighted by molar-refractivity contribution is 0.0326. The van der Waals surface area contributed by atoms with Crippen LogP contribution >= 0.6 is 0 Å². The molecule has 2 aliphatic heterocycles. The molecule has 144 valence electrons. The van der Waals surface area contributed by atoms with Gasteiger partial charge >= 0.3 is 0 Å². The van der Waals surface area contributed by atoms with Crippen molar-refractivity contribution in [2.45, 2.75) is 18.4 Å². The molecule has 2 aliphatic rings. The fourth-order valence-corrected chi connectivity index (χ4v) is 4.08. The molecule has 3 heterocycles. The van der Waals surface area contributed by atoms with Gasteiger partial charge in [0.1, 0.15) is 17.0 Å². The number of rotatable bonds is 2. The van der Waals surface area contributed by atoms with Gasteiger partial charge in [-0.25, -0.2) is 0 Å². The van der Waals surface area contributed by atoms with Crippen LogP contribution in [0.5, 0.6) is 5.75 Å². The van der Waals surface area contributed by atoms with Crippen molar-refractivity contribution < 1.29 is 9.53 Å². The third-order valence-electron chi connectivity index (χ3n) is 5.78. The number of fused-ring (bicyclic) bond motifs is 1. The molecule has 3 aromatic rings. The van der Waals surface area contributed by atoms with Crippen LogP contribution in [0.3, 0.4) is 0 Å². The molecule has 0 unspecified atom stereocenters. The third kappa shape index (κ3) is 3.42. The summed E-state index contributed by atoms with van der Waals surface area (Å²) in [4.78, 5) is 18.7. The van der Waals surface area contributed by atoms with E-state index in [-0.39, 0.29) is 11.5 Å². The molecule has 0 N–H and O–H groups in total. The zero-order chi connectivity index (χ0) is 19.7. The molecular formula is C25H22N2O2. The number of amides is 1. The van der Waals surface area contributed by atoms with Gasteiger partial charge in [-0.15, -0.1) is 0 Å². The third-order valence-corrected chi connectivity index (χ3v) is 5.78. The first kappa shape index (κ1) is 17.7. The van der Waals surface area contributed by atoms with E-state index < -0.39 is 0 Å². The van der Waals surface area contributed by atoms with Gasteiger partial charge in [-0.05, 0) is 41.5 Å². The van der Waals surface area contributed by atoms with E-state index in [0.29, 0.717) is 18.8 Å². The summed E-state index contributed by atoms with van der Waals surface area (Å²) in [6.07, 6.45) is 7.56. The molecule has 0 saturated carbocycles. The number of carbonyl (C=O) groups excluding carboxylic acids is 1. The van der Waals surface area contributed by atoms with Gasteiger partial charge in [0, 0.05) is 37.7 Å². The van der Waals surface area contributed by atoms with Gasteiger partial charge in [0.05, 0.1) is 0 Å². The summed E-state index contributed by atoms with van der Waals surface area (Å²) in [5.41, 5.74) is 3.66. The largest absolute Gasteiger partial charge is 0.482 e. The van der Waals surface area contributed by atoms with Crippen LogP contribution in [0, 0.1) is 0 Å². The zero-order valence-electron chi connectivity index (χ0n) is 16.1. The highest BCUT2D eigenvalue weighted by molar-refractivity contribution is 5.92. The Kier molecular flexibility index (Phi) is 4.39. The van der Waals surface area contributed by atoms with Crippen LogP contribution in [-0.4, -0.2) is 34.5 Å². The number of likely N-dealkylation sites (tertiary alicyclic amines) is 1. The molecule has 0 radical (unpaired) electrons. The van der Waals surface area contributed by atoms with Crippen LogP contribution in [0.1, 0.15) is 28.9 Å². The van der Waals surface area contributed by atoms with Crippen molar-refractivity contribution in [3.8, 4) is 16.9 Å². The highest BCUT2D eigenvalue weighted by Crippen LogP contribution is 2.38. The molecule has 4 heteroatoms.